The molecule has 0 aliphatic heterocycles. The molecule has 0 fully saturated rings. The van der Waals surface area contributed by atoms with Gasteiger partial charge in [0.1, 0.15) is 5.75 Å². The minimum atomic E-state index is 0. The summed E-state index contributed by atoms with van der Waals surface area (Å²) in [5, 5.41) is 9.74. The highest BCUT2D eigenvalue weighted by Gasteiger charge is 2.05. The fourth-order valence-corrected chi connectivity index (χ4v) is 1.77. The summed E-state index contributed by atoms with van der Waals surface area (Å²) in [6, 6.07) is 5.87. The summed E-state index contributed by atoms with van der Waals surface area (Å²) >= 11 is 0. The number of rotatable bonds is 5. The molecule has 0 saturated heterocycles. The monoisotopic (exact) mass is 210 g/mol. The molecule has 3 N–H and O–H groups in total. The van der Waals surface area contributed by atoms with Gasteiger partial charge in [-0.05, 0) is 36.5 Å². The minimum Gasteiger partial charge on any atom is -0.508 e. The molecule has 0 bridgehead atoms. The van der Waals surface area contributed by atoms with Gasteiger partial charge in [0.15, 0.2) is 0 Å². The number of aryl methyl sites for hydroxylation is 1. The first-order chi connectivity index (χ1) is 6.79. The smallest absolute Gasteiger partial charge is 0.119 e. The summed E-state index contributed by atoms with van der Waals surface area (Å²) in [6.07, 6.45) is 5.57. The highest BCUT2D eigenvalue weighted by molar-refractivity contribution is 5.39. The SMILES string of the molecule is CCCCc1c(O)cccc1CCC.O. The van der Waals surface area contributed by atoms with Gasteiger partial charge in [0.2, 0.25) is 0 Å². The number of phenols is 1. The zero-order valence-electron chi connectivity index (χ0n) is 9.71. The number of benzene rings is 1. The van der Waals surface area contributed by atoms with Crippen molar-refractivity contribution in [3.8, 4) is 5.75 Å². The molecule has 0 atom stereocenters. The van der Waals surface area contributed by atoms with Crippen LogP contribution in [0.5, 0.6) is 5.75 Å². The maximum atomic E-state index is 9.74. The van der Waals surface area contributed by atoms with Gasteiger partial charge in [-0.2, -0.15) is 0 Å². The van der Waals surface area contributed by atoms with Crippen molar-refractivity contribution in [1.29, 1.82) is 0 Å². The number of hydrogen-bond donors (Lipinski definition) is 1. The average molecular weight is 210 g/mol. The van der Waals surface area contributed by atoms with Crippen LogP contribution in [-0.4, -0.2) is 10.6 Å². The zero-order valence-corrected chi connectivity index (χ0v) is 9.71. The summed E-state index contributed by atoms with van der Waals surface area (Å²) in [5.41, 5.74) is 2.48. The van der Waals surface area contributed by atoms with Crippen LogP contribution in [-0.2, 0) is 12.8 Å². The normalized spacial score (nSPS) is 9.73. The molecule has 0 aliphatic carbocycles. The molecule has 0 radical (unpaired) electrons. The van der Waals surface area contributed by atoms with Crippen molar-refractivity contribution in [2.75, 3.05) is 0 Å². The molecule has 1 aromatic rings. The third kappa shape index (κ3) is 3.92. The molecular formula is C13H22O2. The lowest BCUT2D eigenvalue weighted by atomic mass is 9.98. The zero-order chi connectivity index (χ0) is 10.4. The Morgan fingerprint density at radius 1 is 1.07 bits per heavy atom. The van der Waals surface area contributed by atoms with Crippen LogP contribution in [0.2, 0.25) is 0 Å². The fraction of sp³-hybridized carbons (Fsp3) is 0.538. The molecular weight excluding hydrogens is 188 g/mol. The highest BCUT2D eigenvalue weighted by Crippen LogP contribution is 2.24. The Morgan fingerprint density at radius 2 is 1.80 bits per heavy atom. The van der Waals surface area contributed by atoms with Gasteiger partial charge >= 0.3 is 0 Å². The summed E-state index contributed by atoms with van der Waals surface area (Å²) < 4.78 is 0. The van der Waals surface area contributed by atoms with Crippen molar-refractivity contribution in [3.05, 3.63) is 29.3 Å². The van der Waals surface area contributed by atoms with Crippen LogP contribution in [0.15, 0.2) is 18.2 Å². The number of hydrogen-bond acceptors (Lipinski definition) is 1. The molecule has 0 amide bonds. The van der Waals surface area contributed by atoms with E-state index in [1.165, 1.54) is 12.0 Å². The third-order valence-electron chi connectivity index (χ3n) is 2.55. The Hall–Kier alpha value is -1.02. The fourth-order valence-electron chi connectivity index (χ4n) is 1.77. The highest BCUT2D eigenvalue weighted by atomic mass is 16.3. The van der Waals surface area contributed by atoms with Crippen LogP contribution in [0.4, 0.5) is 0 Å². The number of phenolic OH excluding ortho intramolecular Hbond substituents is 1. The summed E-state index contributed by atoms with van der Waals surface area (Å²) in [7, 11) is 0. The average Bonchev–Trinajstić information content (AvgIpc) is 2.18. The first kappa shape index (κ1) is 14.0. The van der Waals surface area contributed by atoms with E-state index in [2.05, 4.69) is 19.9 Å². The van der Waals surface area contributed by atoms with E-state index < -0.39 is 0 Å². The van der Waals surface area contributed by atoms with E-state index in [1.807, 2.05) is 6.07 Å². The second-order valence-electron chi connectivity index (χ2n) is 3.77. The molecule has 15 heavy (non-hydrogen) atoms. The Labute approximate surface area is 92.3 Å². The van der Waals surface area contributed by atoms with Gasteiger partial charge in [-0.1, -0.05) is 38.8 Å². The lowest BCUT2D eigenvalue weighted by Gasteiger charge is -2.10. The lowest BCUT2D eigenvalue weighted by molar-refractivity contribution is 0.465. The predicted octanol–water partition coefficient (Wildman–Crippen LogP) is 2.86. The summed E-state index contributed by atoms with van der Waals surface area (Å²) in [6.45, 7) is 4.35. The van der Waals surface area contributed by atoms with Crippen LogP contribution in [0.25, 0.3) is 0 Å². The van der Waals surface area contributed by atoms with E-state index >= 15 is 0 Å². The molecule has 86 valence electrons. The van der Waals surface area contributed by atoms with E-state index in [-0.39, 0.29) is 5.48 Å². The molecule has 2 nitrogen and oxygen atoms in total. The molecule has 2 heteroatoms. The number of unbranched alkanes of at least 4 members (excludes halogenated alkanes) is 1. The molecule has 0 aromatic heterocycles. The van der Waals surface area contributed by atoms with Crippen molar-refractivity contribution in [2.45, 2.75) is 46.0 Å². The Kier molecular flexibility index (Phi) is 6.80. The molecule has 0 unspecified atom stereocenters. The molecule has 0 heterocycles. The molecule has 0 aliphatic rings. The van der Waals surface area contributed by atoms with Crippen LogP contribution in [0.3, 0.4) is 0 Å². The topological polar surface area (TPSA) is 51.7 Å². The van der Waals surface area contributed by atoms with Crippen LogP contribution in [0.1, 0.15) is 44.2 Å². The van der Waals surface area contributed by atoms with Crippen LogP contribution < -0.4 is 0 Å². The van der Waals surface area contributed by atoms with Gasteiger partial charge in [0.25, 0.3) is 0 Å². The summed E-state index contributed by atoms with van der Waals surface area (Å²) in [5.74, 6) is 0.476. The second-order valence-corrected chi connectivity index (χ2v) is 3.77. The van der Waals surface area contributed by atoms with E-state index in [0.717, 1.165) is 31.2 Å². The Morgan fingerprint density at radius 3 is 2.40 bits per heavy atom. The standard InChI is InChI=1S/C13H20O.H2O/c1-3-5-9-12-11(7-4-2)8-6-10-13(12)14;/h6,8,10,14H,3-5,7,9H2,1-2H3;1H2. The van der Waals surface area contributed by atoms with Gasteiger partial charge in [0.05, 0.1) is 0 Å². The van der Waals surface area contributed by atoms with Crippen molar-refractivity contribution in [3.63, 3.8) is 0 Å². The Bertz CT molecular complexity index is 282. The van der Waals surface area contributed by atoms with Gasteiger partial charge in [-0.25, -0.2) is 0 Å². The summed E-state index contributed by atoms with van der Waals surface area (Å²) in [4.78, 5) is 0. The second kappa shape index (κ2) is 7.30. The molecule has 1 aromatic carbocycles. The van der Waals surface area contributed by atoms with Gasteiger partial charge < -0.3 is 10.6 Å². The van der Waals surface area contributed by atoms with Crippen molar-refractivity contribution < 1.29 is 10.6 Å². The first-order valence-electron chi connectivity index (χ1n) is 5.59. The predicted molar refractivity (Wildman–Crippen MR) is 64.3 cm³/mol. The van der Waals surface area contributed by atoms with E-state index in [4.69, 9.17) is 0 Å². The van der Waals surface area contributed by atoms with Gasteiger partial charge in [-0.15, -0.1) is 0 Å². The van der Waals surface area contributed by atoms with Crippen molar-refractivity contribution in [1.82, 2.24) is 0 Å². The minimum absolute atomic E-state index is 0. The van der Waals surface area contributed by atoms with Crippen LogP contribution in [0, 0.1) is 0 Å². The molecule has 0 saturated carbocycles. The quantitative estimate of drug-likeness (QED) is 0.798. The van der Waals surface area contributed by atoms with E-state index in [1.54, 1.807) is 6.07 Å². The third-order valence-corrected chi connectivity index (χ3v) is 2.55. The van der Waals surface area contributed by atoms with Crippen molar-refractivity contribution in [2.24, 2.45) is 0 Å². The first-order valence-corrected chi connectivity index (χ1v) is 5.59. The number of aromatic hydroxyl groups is 1. The maximum absolute atomic E-state index is 9.74. The Balaban J connectivity index is 0.00000196. The van der Waals surface area contributed by atoms with Crippen LogP contribution >= 0.6 is 0 Å². The van der Waals surface area contributed by atoms with E-state index in [0.29, 0.717) is 5.75 Å². The van der Waals surface area contributed by atoms with E-state index in [9.17, 15) is 5.11 Å². The van der Waals surface area contributed by atoms with Gasteiger partial charge in [0, 0.05) is 0 Å². The maximum Gasteiger partial charge on any atom is 0.119 e. The van der Waals surface area contributed by atoms with Gasteiger partial charge in [-0.3, -0.25) is 0 Å². The molecule has 1 rings (SSSR count). The molecule has 0 spiro atoms. The largest absolute Gasteiger partial charge is 0.508 e. The lowest BCUT2D eigenvalue weighted by Crippen LogP contribution is -1.94. The van der Waals surface area contributed by atoms with Crippen molar-refractivity contribution >= 4 is 0 Å².